The first kappa shape index (κ1) is 14.3. The van der Waals surface area contributed by atoms with Crippen LogP contribution < -0.4 is 11.3 Å². The Hall–Kier alpha value is -1.11. The summed E-state index contributed by atoms with van der Waals surface area (Å²) in [5.41, 5.74) is 2.07. The quantitative estimate of drug-likeness (QED) is 0.655. The van der Waals surface area contributed by atoms with Crippen molar-refractivity contribution < 1.29 is 17.9 Å². The van der Waals surface area contributed by atoms with Crippen LogP contribution >= 0.6 is 0 Å². The van der Waals surface area contributed by atoms with Gasteiger partial charge < -0.3 is 4.74 Å². The Bertz CT molecular complexity index is 417. The molecule has 2 rings (SSSR count). The first-order valence-electron chi connectivity index (χ1n) is 6.22. The number of nitrogens with one attached hydrogen (secondary N) is 1. The van der Waals surface area contributed by atoms with Crippen molar-refractivity contribution in [2.45, 2.75) is 25.1 Å². The molecule has 1 aromatic carbocycles. The molecule has 1 aliphatic rings. The van der Waals surface area contributed by atoms with E-state index in [4.69, 9.17) is 10.6 Å². The molecule has 0 spiro atoms. The first-order chi connectivity index (χ1) is 9.02. The number of ether oxygens (including phenoxy) is 1. The standard InChI is InChI=1S/C13H17F3N2O/c14-13(15,16)11-4-2-1-3-10(11)12(18-17)7-9-5-6-19-8-9/h1-4,9,12,18H,5-8,17H2. The molecule has 106 valence electrons. The molecule has 0 saturated carbocycles. The third kappa shape index (κ3) is 3.46. The lowest BCUT2D eigenvalue weighted by molar-refractivity contribution is -0.138. The van der Waals surface area contributed by atoms with Gasteiger partial charge in [-0.15, -0.1) is 0 Å². The maximum atomic E-state index is 13.0. The molecule has 3 nitrogen and oxygen atoms in total. The minimum Gasteiger partial charge on any atom is -0.381 e. The van der Waals surface area contributed by atoms with E-state index in [0.717, 1.165) is 12.5 Å². The van der Waals surface area contributed by atoms with Crippen molar-refractivity contribution in [1.82, 2.24) is 5.43 Å². The lowest BCUT2D eigenvalue weighted by Crippen LogP contribution is -2.31. The fourth-order valence-electron chi connectivity index (χ4n) is 2.45. The molecule has 6 heteroatoms. The molecule has 0 bridgehead atoms. The van der Waals surface area contributed by atoms with Gasteiger partial charge in [0.05, 0.1) is 5.56 Å². The lowest BCUT2D eigenvalue weighted by atomic mass is 9.91. The second-order valence-corrected chi connectivity index (χ2v) is 4.77. The molecule has 3 N–H and O–H groups in total. The van der Waals surface area contributed by atoms with E-state index in [9.17, 15) is 13.2 Å². The summed E-state index contributed by atoms with van der Waals surface area (Å²) in [4.78, 5) is 0. The van der Waals surface area contributed by atoms with Crippen LogP contribution in [0.2, 0.25) is 0 Å². The van der Waals surface area contributed by atoms with Gasteiger partial charge in [0.25, 0.3) is 0 Å². The summed E-state index contributed by atoms with van der Waals surface area (Å²) < 4.78 is 44.1. The fraction of sp³-hybridized carbons (Fsp3) is 0.538. The molecular weight excluding hydrogens is 257 g/mol. The molecule has 2 unspecified atom stereocenters. The second kappa shape index (κ2) is 5.90. The van der Waals surface area contributed by atoms with Gasteiger partial charge in [-0.05, 0) is 30.4 Å². The zero-order chi connectivity index (χ0) is 13.9. The predicted molar refractivity (Wildman–Crippen MR) is 65.1 cm³/mol. The van der Waals surface area contributed by atoms with Crippen LogP contribution in [0.4, 0.5) is 13.2 Å². The van der Waals surface area contributed by atoms with Gasteiger partial charge in [-0.2, -0.15) is 13.2 Å². The maximum Gasteiger partial charge on any atom is 0.416 e. The van der Waals surface area contributed by atoms with Gasteiger partial charge in [0, 0.05) is 19.3 Å². The van der Waals surface area contributed by atoms with Crippen molar-refractivity contribution in [3.8, 4) is 0 Å². The van der Waals surface area contributed by atoms with E-state index in [2.05, 4.69) is 5.43 Å². The Kier molecular flexibility index (Phi) is 4.44. The van der Waals surface area contributed by atoms with Crippen LogP contribution in [0.5, 0.6) is 0 Å². The number of hydrazine groups is 1. The van der Waals surface area contributed by atoms with Gasteiger partial charge in [0.1, 0.15) is 0 Å². The van der Waals surface area contributed by atoms with Gasteiger partial charge >= 0.3 is 6.18 Å². The Morgan fingerprint density at radius 3 is 2.68 bits per heavy atom. The highest BCUT2D eigenvalue weighted by atomic mass is 19.4. The molecule has 1 aromatic rings. The molecule has 2 atom stereocenters. The SMILES string of the molecule is NNC(CC1CCOC1)c1ccccc1C(F)(F)F. The number of hydrogen-bond acceptors (Lipinski definition) is 3. The Morgan fingerprint density at radius 1 is 1.37 bits per heavy atom. The summed E-state index contributed by atoms with van der Waals surface area (Å²) in [6.07, 6.45) is -2.95. The molecule has 1 heterocycles. The van der Waals surface area contributed by atoms with E-state index >= 15 is 0 Å². The number of hydrogen-bond donors (Lipinski definition) is 2. The molecule has 0 amide bonds. The Balaban J connectivity index is 2.22. The zero-order valence-corrected chi connectivity index (χ0v) is 10.4. The van der Waals surface area contributed by atoms with Crippen molar-refractivity contribution in [3.05, 3.63) is 35.4 Å². The monoisotopic (exact) mass is 274 g/mol. The van der Waals surface area contributed by atoms with E-state index in [1.807, 2.05) is 0 Å². The van der Waals surface area contributed by atoms with Gasteiger partial charge in [-0.25, -0.2) is 0 Å². The van der Waals surface area contributed by atoms with E-state index in [1.165, 1.54) is 12.1 Å². The molecule has 0 radical (unpaired) electrons. The van der Waals surface area contributed by atoms with Gasteiger partial charge in [0.2, 0.25) is 0 Å². The van der Waals surface area contributed by atoms with E-state index < -0.39 is 17.8 Å². The Morgan fingerprint density at radius 2 is 2.11 bits per heavy atom. The average Bonchev–Trinajstić information content (AvgIpc) is 2.88. The molecule has 0 aliphatic carbocycles. The third-order valence-electron chi connectivity index (χ3n) is 3.44. The zero-order valence-electron chi connectivity index (χ0n) is 10.4. The van der Waals surface area contributed by atoms with Crippen LogP contribution in [0.15, 0.2) is 24.3 Å². The fourth-order valence-corrected chi connectivity index (χ4v) is 2.45. The average molecular weight is 274 g/mol. The van der Waals surface area contributed by atoms with Crippen LogP contribution in [-0.4, -0.2) is 13.2 Å². The van der Waals surface area contributed by atoms with Crippen LogP contribution in [0.3, 0.4) is 0 Å². The molecule has 1 fully saturated rings. The van der Waals surface area contributed by atoms with Crippen molar-refractivity contribution >= 4 is 0 Å². The summed E-state index contributed by atoms with van der Waals surface area (Å²) >= 11 is 0. The minimum atomic E-state index is -4.36. The largest absolute Gasteiger partial charge is 0.416 e. The van der Waals surface area contributed by atoms with E-state index in [0.29, 0.717) is 19.6 Å². The summed E-state index contributed by atoms with van der Waals surface area (Å²) in [5, 5.41) is 0. The normalized spacial score (nSPS) is 21.6. The van der Waals surface area contributed by atoms with Crippen LogP contribution in [-0.2, 0) is 10.9 Å². The smallest absolute Gasteiger partial charge is 0.381 e. The number of rotatable bonds is 4. The lowest BCUT2D eigenvalue weighted by Gasteiger charge is -2.23. The molecule has 19 heavy (non-hydrogen) atoms. The molecular formula is C13H17F3N2O. The van der Waals surface area contributed by atoms with Crippen molar-refractivity contribution in [3.63, 3.8) is 0 Å². The molecule has 1 saturated heterocycles. The van der Waals surface area contributed by atoms with E-state index in [-0.39, 0.29) is 11.5 Å². The number of alkyl halides is 3. The Labute approximate surface area is 109 Å². The van der Waals surface area contributed by atoms with Crippen molar-refractivity contribution in [1.29, 1.82) is 0 Å². The van der Waals surface area contributed by atoms with Crippen LogP contribution in [0, 0.1) is 5.92 Å². The van der Waals surface area contributed by atoms with Gasteiger partial charge in [0.15, 0.2) is 0 Å². The van der Waals surface area contributed by atoms with Crippen molar-refractivity contribution in [2.75, 3.05) is 13.2 Å². The maximum absolute atomic E-state index is 13.0. The second-order valence-electron chi connectivity index (χ2n) is 4.77. The highest BCUT2D eigenvalue weighted by Gasteiger charge is 2.35. The van der Waals surface area contributed by atoms with Crippen molar-refractivity contribution in [2.24, 2.45) is 11.8 Å². The minimum absolute atomic E-state index is 0.199. The first-order valence-corrected chi connectivity index (χ1v) is 6.22. The van der Waals surface area contributed by atoms with Crippen LogP contribution in [0.25, 0.3) is 0 Å². The summed E-state index contributed by atoms with van der Waals surface area (Å²) in [7, 11) is 0. The number of nitrogens with two attached hydrogens (primary N) is 1. The highest BCUT2D eigenvalue weighted by Crippen LogP contribution is 2.36. The highest BCUT2D eigenvalue weighted by molar-refractivity contribution is 5.32. The van der Waals surface area contributed by atoms with Gasteiger partial charge in [-0.3, -0.25) is 11.3 Å². The predicted octanol–water partition coefficient (Wildman–Crippen LogP) is 2.64. The summed E-state index contributed by atoms with van der Waals surface area (Å²) in [6, 6.07) is 5.04. The van der Waals surface area contributed by atoms with Gasteiger partial charge in [-0.1, -0.05) is 18.2 Å². The summed E-state index contributed by atoms with van der Waals surface area (Å²) in [6.45, 7) is 1.26. The van der Waals surface area contributed by atoms with E-state index in [1.54, 1.807) is 6.07 Å². The molecule has 1 aliphatic heterocycles. The molecule has 0 aromatic heterocycles. The van der Waals surface area contributed by atoms with Crippen LogP contribution in [0.1, 0.15) is 30.0 Å². The third-order valence-corrected chi connectivity index (χ3v) is 3.44. The summed E-state index contributed by atoms with van der Waals surface area (Å²) in [5.74, 6) is 5.69. The topological polar surface area (TPSA) is 47.3 Å². The number of halogens is 3. The number of benzene rings is 1.